The minimum Gasteiger partial charge on any atom is -0.284 e. The van der Waals surface area contributed by atoms with Crippen LogP contribution in [0.4, 0.5) is 5.69 Å². The van der Waals surface area contributed by atoms with Gasteiger partial charge in [-0.3, -0.25) is 9.80 Å². The SMILES string of the molecule is CN1c2c(Br)cccc2CCN1C(=O)c1cc2ccc(Br)cn2n1. The van der Waals surface area contributed by atoms with Gasteiger partial charge >= 0.3 is 0 Å². The largest absolute Gasteiger partial charge is 0.292 e. The molecule has 0 aliphatic carbocycles. The van der Waals surface area contributed by atoms with Crippen LogP contribution >= 0.6 is 31.9 Å². The Hall–Kier alpha value is -1.86. The molecule has 4 rings (SSSR count). The predicted octanol–water partition coefficient (Wildman–Crippen LogP) is 3.91. The van der Waals surface area contributed by atoms with Crippen LogP contribution in [0.2, 0.25) is 0 Å². The van der Waals surface area contributed by atoms with Gasteiger partial charge in [-0.15, -0.1) is 0 Å². The van der Waals surface area contributed by atoms with Crippen LogP contribution in [-0.4, -0.2) is 34.1 Å². The summed E-state index contributed by atoms with van der Waals surface area (Å²) in [5, 5.41) is 8.07. The second-order valence-corrected chi connectivity index (χ2v) is 7.47. The van der Waals surface area contributed by atoms with Crippen molar-refractivity contribution in [2.24, 2.45) is 0 Å². The molecular formula is C17H14Br2N4O. The summed E-state index contributed by atoms with van der Waals surface area (Å²) in [4.78, 5) is 13.0. The number of nitrogens with zero attached hydrogens (tertiary/aromatic N) is 4. The summed E-state index contributed by atoms with van der Waals surface area (Å²) >= 11 is 7.01. The second kappa shape index (κ2) is 5.89. The van der Waals surface area contributed by atoms with Crippen LogP contribution in [0.3, 0.4) is 0 Å². The predicted molar refractivity (Wildman–Crippen MR) is 100 cm³/mol. The van der Waals surface area contributed by atoms with Crippen LogP contribution in [0.15, 0.2) is 51.5 Å². The van der Waals surface area contributed by atoms with E-state index >= 15 is 0 Å². The minimum absolute atomic E-state index is 0.0984. The summed E-state index contributed by atoms with van der Waals surface area (Å²) in [5.41, 5.74) is 3.59. The fourth-order valence-electron chi connectivity index (χ4n) is 3.06. The molecule has 3 aromatic rings. The number of rotatable bonds is 1. The molecule has 0 bridgehead atoms. The molecule has 3 heterocycles. The van der Waals surface area contributed by atoms with E-state index in [-0.39, 0.29) is 5.91 Å². The zero-order valence-electron chi connectivity index (χ0n) is 12.9. The average molecular weight is 450 g/mol. The fourth-order valence-corrected chi connectivity index (χ4v) is 4.05. The van der Waals surface area contributed by atoms with Gasteiger partial charge < -0.3 is 0 Å². The quantitative estimate of drug-likeness (QED) is 0.565. The summed E-state index contributed by atoms with van der Waals surface area (Å²) in [6, 6.07) is 11.8. The van der Waals surface area contributed by atoms with Crippen LogP contribution < -0.4 is 5.01 Å². The van der Waals surface area contributed by atoms with Crippen molar-refractivity contribution in [2.75, 3.05) is 18.6 Å². The summed E-state index contributed by atoms with van der Waals surface area (Å²) in [6.07, 6.45) is 2.67. The molecule has 1 aliphatic rings. The molecule has 1 aliphatic heterocycles. The van der Waals surface area contributed by atoms with Crippen molar-refractivity contribution in [1.29, 1.82) is 0 Å². The smallest absolute Gasteiger partial charge is 0.284 e. The maximum atomic E-state index is 13.0. The van der Waals surface area contributed by atoms with E-state index in [0.29, 0.717) is 12.2 Å². The van der Waals surface area contributed by atoms with Gasteiger partial charge in [-0.2, -0.15) is 5.10 Å². The van der Waals surface area contributed by atoms with Crippen molar-refractivity contribution >= 4 is 49.0 Å². The van der Waals surface area contributed by atoms with Crippen molar-refractivity contribution in [3.05, 3.63) is 62.8 Å². The number of fused-ring (bicyclic) bond motifs is 2. The number of aromatic nitrogens is 2. The summed E-state index contributed by atoms with van der Waals surface area (Å²) in [6.45, 7) is 0.635. The van der Waals surface area contributed by atoms with Crippen molar-refractivity contribution in [3.8, 4) is 0 Å². The Morgan fingerprint density at radius 2 is 2.04 bits per heavy atom. The molecular weight excluding hydrogens is 436 g/mol. The van der Waals surface area contributed by atoms with Gasteiger partial charge in [0.2, 0.25) is 0 Å². The highest BCUT2D eigenvalue weighted by Gasteiger charge is 2.29. The van der Waals surface area contributed by atoms with Crippen LogP contribution in [0.1, 0.15) is 16.1 Å². The maximum Gasteiger partial charge on any atom is 0.292 e. The second-order valence-electron chi connectivity index (χ2n) is 5.70. The molecule has 122 valence electrons. The van der Waals surface area contributed by atoms with Crippen molar-refractivity contribution in [1.82, 2.24) is 14.6 Å². The van der Waals surface area contributed by atoms with E-state index in [4.69, 9.17) is 0 Å². The molecule has 0 saturated carbocycles. The standard InChI is InChI=1S/C17H14Br2N4O/c1-21-16-11(3-2-4-14(16)19)7-8-23(21)17(24)15-9-13-6-5-12(18)10-22(13)20-15/h2-6,9-10H,7-8H2,1H3. The lowest BCUT2D eigenvalue weighted by molar-refractivity contribution is 0.0732. The van der Waals surface area contributed by atoms with Gasteiger partial charge in [-0.05, 0) is 68.1 Å². The lowest BCUT2D eigenvalue weighted by Gasteiger charge is -2.38. The lowest BCUT2D eigenvalue weighted by Crippen LogP contribution is -2.48. The molecule has 0 atom stereocenters. The Morgan fingerprint density at radius 1 is 1.21 bits per heavy atom. The van der Waals surface area contributed by atoms with Crippen LogP contribution in [0.5, 0.6) is 0 Å². The van der Waals surface area contributed by atoms with E-state index in [1.54, 1.807) is 9.52 Å². The zero-order valence-corrected chi connectivity index (χ0v) is 16.1. The topological polar surface area (TPSA) is 40.9 Å². The Morgan fingerprint density at radius 3 is 2.88 bits per heavy atom. The molecule has 0 saturated heterocycles. The van der Waals surface area contributed by atoms with E-state index in [2.05, 4.69) is 43.0 Å². The number of halogens is 2. The number of benzene rings is 1. The number of hydrazine groups is 1. The van der Waals surface area contributed by atoms with E-state index in [0.717, 1.165) is 26.6 Å². The number of carbonyl (C=O) groups is 1. The number of pyridine rings is 1. The number of anilines is 1. The van der Waals surface area contributed by atoms with Gasteiger partial charge in [0.15, 0.2) is 5.69 Å². The number of hydrogen-bond donors (Lipinski definition) is 0. The first-order valence-electron chi connectivity index (χ1n) is 7.52. The van der Waals surface area contributed by atoms with Crippen LogP contribution in [-0.2, 0) is 6.42 Å². The number of hydrogen-bond acceptors (Lipinski definition) is 3. The monoisotopic (exact) mass is 448 g/mol. The van der Waals surface area contributed by atoms with Crippen molar-refractivity contribution in [3.63, 3.8) is 0 Å². The molecule has 0 fully saturated rings. The Bertz CT molecular complexity index is 953. The molecule has 1 aromatic carbocycles. The zero-order chi connectivity index (χ0) is 16.8. The number of para-hydroxylation sites is 1. The molecule has 24 heavy (non-hydrogen) atoms. The van der Waals surface area contributed by atoms with Gasteiger partial charge in [-0.25, -0.2) is 9.52 Å². The van der Waals surface area contributed by atoms with E-state index in [1.165, 1.54) is 5.56 Å². The lowest BCUT2D eigenvalue weighted by atomic mass is 10.1. The van der Waals surface area contributed by atoms with E-state index in [1.807, 2.05) is 48.6 Å². The summed E-state index contributed by atoms with van der Waals surface area (Å²) in [7, 11) is 1.91. The highest BCUT2D eigenvalue weighted by molar-refractivity contribution is 9.10. The first kappa shape index (κ1) is 15.7. The molecule has 0 spiro atoms. The first-order valence-corrected chi connectivity index (χ1v) is 9.11. The van der Waals surface area contributed by atoms with Crippen LogP contribution in [0.25, 0.3) is 5.52 Å². The van der Waals surface area contributed by atoms with Gasteiger partial charge in [-0.1, -0.05) is 12.1 Å². The summed E-state index contributed by atoms with van der Waals surface area (Å²) < 4.78 is 3.62. The Kier molecular flexibility index (Phi) is 3.85. The third-order valence-electron chi connectivity index (χ3n) is 4.23. The van der Waals surface area contributed by atoms with Gasteiger partial charge in [0.25, 0.3) is 5.91 Å². The normalized spacial score (nSPS) is 14.1. The molecule has 0 radical (unpaired) electrons. The number of amides is 1. The van der Waals surface area contributed by atoms with Crippen LogP contribution in [0, 0.1) is 0 Å². The Labute approximate surface area is 156 Å². The average Bonchev–Trinajstić information content (AvgIpc) is 2.97. The molecule has 0 unspecified atom stereocenters. The third-order valence-corrected chi connectivity index (χ3v) is 5.34. The highest BCUT2D eigenvalue weighted by atomic mass is 79.9. The van der Waals surface area contributed by atoms with Gasteiger partial charge in [0.05, 0.1) is 11.2 Å². The molecule has 2 aromatic heterocycles. The highest BCUT2D eigenvalue weighted by Crippen LogP contribution is 2.34. The van der Waals surface area contributed by atoms with Gasteiger partial charge in [0, 0.05) is 28.7 Å². The molecule has 7 heteroatoms. The fraction of sp³-hybridized carbons (Fsp3) is 0.176. The molecule has 5 nitrogen and oxygen atoms in total. The molecule has 1 amide bonds. The van der Waals surface area contributed by atoms with E-state index in [9.17, 15) is 4.79 Å². The van der Waals surface area contributed by atoms with Crippen molar-refractivity contribution < 1.29 is 4.79 Å². The Balaban J connectivity index is 1.70. The maximum absolute atomic E-state index is 13.0. The molecule has 0 N–H and O–H groups in total. The van der Waals surface area contributed by atoms with Gasteiger partial charge in [0.1, 0.15) is 0 Å². The van der Waals surface area contributed by atoms with Crippen molar-refractivity contribution in [2.45, 2.75) is 6.42 Å². The third kappa shape index (κ3) is 2.52. The van der Waals surface area contributed by atoms with E-state index < -0.39 is 0 Å². The summed E-state index contributed by atoms with van der Waals surface area (Å²) in [5.74, 6) is -0.0984. The number of carbonyl (C=O) groups excluding carboxylic acids is 1. The minimum atomic E-state index is -0.0984. The first-order chi connectivity index (χ1) is 11.5.